The van der Waals surface area contributed by atoms with Crippen LogP contribution in [0.4, 0.5) is 0 Å². The van der Waals surface area contributed by atoms with Crippen molar-refractivity contribution in [1.82, 2.24) is 10.3 Å². The van der Waals surface area contributed by atoms with E-state index in [1.54, 1.807) is 6.20 Å². The first-order valence-corrected chi connectivity index (χ1v) is 4.86. The second-order valence-electron chi connectivity index (χ2n) is 2.93. The van der Waals surface area contributed by atoms with Gasteiger partial charge in [0.25, 0.3) is 0 Å². The van der Waals surface area contributed by atoms with Gasteiger partial charge in [-0.3, -0.25) is 10.3 Å². The van der Waals surface area contributed by atoms with E-state index in [2.05, 4.69) is 22.1 Å². The number of hydrogen-bond acceptors (Lipinski definition) is 2. The van der Waals surface area contributed by atoms with Gasteiger partial charge >= 0.3 is 0 Å². The Labute approximate surface area is 89.7 Å². The minimum Gasteiger partial charge on any atom is -0.298 e. The number of nitrogens with one attached hydrogen (secondary N) is 1. The van der Waals surface area contributed by atoms with Crippen LogP contribution in [0.15, 0.2) is 18.3 Å². The number of halogens is 1. The van der Waals surface area contributed by atoms with E-state index in [-0.39, 0.29) is 6.04 Å². The highest BCUT2D eigenvalue weighted by Gasteiger charge is 2.03. The molecule has 0 aliphatic rings. The van der Waals surface area contributed by atoms with E-state index in [9.17, 15) is 0 Å². The van der Waals surface area contributed by atoms with Crippen molar-refractivity contribution < 1.29 is 0 Å². The van der Waals surface area contributed by atoms with Crippen LogP contribution in [0.1, 0.15) is 25.6 Å². The lowest BCUT2D eigenvalue weighted by atomic mass is 10.2. The van der Waals surface area contributed by atoms with E-state index in [0.717, 1.165) is 5.69 Å². The molecule has 2 nitrogen and oxygen atoms in total. The summed E-state index contributed by atoms with van der Waals surface area (Å²) < 4.78 is 0. The summed E-state index contributed by atoms with van der Waals surface area (Å²) in [7, 11) is 0. The molecular weight excluding hydrogens is 196 g/mol. The summed E-state index contributed by atoms with van der Waals surface area (Å²) in [5, 5.41) is 3.90. The number of aromatic nitrogens is 1. The lowest BCUT2D eigenvalue weighted by Crippen LogP contribution is -2.19. The Morgan fingerprint density at radius 2 is 2.36 bits per heavy atom. The van der Waals surface area contributed by atoms with Crippen LogP contribution in [0.2, 0.25) is 5.02 Å². The molecule has 0 aromatic carbocycles. The van der Waals surface area contributed by atoms with Crippen molar-refractivity contribution in [1.29, 1.82) is 0 Å². The lowest BCUT2D eigenvalue weighted by molar-refractivity contribution is 0.606. The molecule has 0 fully saturated rings. The predicted molar refractivity (Wildman–Crippen MR) is 59.1 cm³/mol. The third-order valence-electron chi connectivity index (χ3n) is 1.87. The van der Waals surface area contributed by atoms with E-state index in [1.807, 2.05) is 26.0 Å². The third-order valence-corrected chi connectivity index (χ3v) is 2.09. The molecule has 1 N–H and O–H groups in total. The van der Waals surface area contributed by atoms with Gasteiger partial charge in [0.05, 0.1) is 17.3 Å². The van der Waals surface area contributed by atoms with Crippen molar-refractivity contribution in [2.24, 2.45) is 0 Å². The fourth-order valence-corrected chi connectivity index (χ4v) is 1.15. The van der Waals surface area contributed by atoms with E-state index in [4.69, 9.17) is 11.6 Å². The maximum absolute atomic E-state index is 5.74. The SMILES string of the molecule is CC#CCNC(C)c1ccc(Cl)cn1. The normalized spacial score (nSPS) is 11.6. The first-order chi connectivity index (χ1) is 6.74. The van der Waals surface area contributed by atoms with Gasteiger partial charge in [0, 0.05) is 12.2 Å². The molecule has 3 heteroatoms. The van der Waals surface area contributed by atoms with Crippen molar-refractivity contribution in [3.05, 3.63) is 29.0 Å². The monoisotopic (exact) mass is 208 g/mol. The zero-order valence-electron chi connectivity index (χ0n) is 8.34. The standard InChI is InChI=1S/C11H13ClN2/c1-3-4-7-13-9(2)11-6-5-10(12)8-14-11/h5-6,8-9,13H,7H2,1-2H3. The lowest BCUT2D eigenvalue weighted by Gasteiger charge is -2.10. The van der Waals surface area contributed by atoms with Gasteiger partial charge in [0.2, 0.25) is 0 Å². The van der Waals surface area contributed by atoms with Crippen molar-refractivity contribution in [3.8, 4) is 11.8 Å². The predicted octanol–water partition coefficient (Wildman–Crippen LogP) is 2.41. The summed E-state index contributed by atoms with van der Waals surface area (Å²) in [5.74, 6) is 5.77. The van der Waals surface area contributed by atoms with E-state index in [1.165, 1.54) is 0 Å². The molecule has 1 aromatic rings. The fraction of sp³-hybridized carbons (Fsp3) is 0.364. The van der Waals surface area contributed by atoms with Crippen molar-refractivity contribution >= 4 is 11.6 Å². The molecule has 0 saturated carbocycles. The van der Waals surface area contributed by atoms with Crippen LogP contribution in [-0.4, -0.2) is 11.5 Å². The summed E-state index contributed by atoms with van der Waals surface area (Å²) in [6.07, 6.45) is 1.65. The third kappa shape index (κ3) is 3.37. The Morgan fingerprint density at radius 1 is 1.57 bits per heavy atom. The fourth-order valence-electron chi connectivity index (χ4n) is 1.04. The molecule has 14 heavy (non-hydrogen) atoms. The van der Waals surface area contributed by atoms with Gasteiger partial charge in [-0.15, -0.1) is 5.92 Å². The van der Waals surface area contributed by atoms with Crippen LogP contribution in [0.25, 0.3) is 0 Å². The smallest absolute Gasteiger partial charge is 0.0589 e. The molecule has 1 atom stereocenters. The molecule has 1 rings (SSSR count). The maximum atomic E-state index is 5.74. The highest BCUT2D eigenvalue weighted by molar-refractivity contribution is 6.30. The van der Waals surface area contributed by atoms with E-state index in [0.29, 0.717) is 11.6 Å². The maximum Gasteiger partial charge on any atom is 0.0589 e. The highest BCUT2D eigenvalue weighted by Crippen LogP contribution is 2.12. The molecule has 0 bridgehead atoms. The van der Waals surface area contributed by atoms with Gasteiger partial charge in [0.15, 0.2) is 0 Å². The molecule has 0 spiro atoms. The molecule has 0 amide bonds. The van der Waals surface area contributed by atoms with Crippen LogP contribution in [0.3, 0.4) is 0 Å². The number of pyridine rings is 1. The summed E-state index contributed by atoms with van der Waals surface area (Å²) in [4.78, 5) is 4.21. The molecule has 1 heterocycles. The van der Waals surface area contributed by atoms with E-state index >= 15 is 0 Å². The van der Waals surface area contributed by atoms with Gasteiger partial charge in [-0.05, 0) is 26.0 Å². The van der Waals surface area contributed by atoms with Crippen molar-refractivity contribution in [2.75, 3.05) is 6.54 Å². The average Bonchev–Trinajstić information content (AvgIpc) is 2.19. The molecular formula is C11H13ClN2. The molecule has 0 aliphatic carbocycles. The van der Waals surface area contributed by atoms with Gasteiger partial charge in [0.1, 0.15) is 0 Å². The van der Waals surface area contributed by atoms with Gasteiger partial charge in [-0.1, -0.05) is 17.5 Å². The van der Waals surface area contributed by atoms with Gasteiger partial charge < -0.3 is 0 Å². The molecule has 1 unspecified atom stereocenters. The molecule has 1 aromatic heterocycles. The Bertz CT molecular complexity index is 335. The van der Waals surface area contributed by atoms with Gasteiger partial charge in [-0.2, -0.15) is 0 Å². The van der Waals surface area contributed by atoms with Crippen LogP contribution in [0.5, 0.6) is 0 Å². The topological polar surface area (TPSA) is 24.9 Å². The van der Waals surface area contributed by atoms with Crippen LogP contribution < -0.4 is 5.32 Å². The first-order valence-electron chi connectivity index (χ1n) is 4.48. The quantitative estimate of drug-likeness (QED) is 0.772. The Hall–Kier alpha value is -1.04. The van der Waals surface area contributed by atoms with Crippen LogP contribution >= 0.6 is 11.6 Å². The average molecular weight is 209 g/mol. The number of hydrogen-bond donors (Lipinski definition) is 1. The number of nitrogens with zero attached hydrogens (tertiary/aromatic N) is 1. The zero-order valence-corrected chi connectivity index (χ0v) is 9.10. The second kappa shape index (κ2) is 5.64. The summed E-state index contributed by atoms with van der Waals surface area (Å²) >= 11 is 5.74. The second-order valence-corrected chi connectivity index (χ2v) is 3.37. The van der Waals surface area contributed by atoms with Crippen molar-refractivity contribution in [2.45, 2.75) is 19.9 Å². The van der Waals surface area contributed by atoms with Crippen LogP contribution in [0, 0.1) is 11.8 Å². The first kappa shape index (κ1) is 11.0. The zero-order chi connectivity index (χ0) is 10.4. The molecule has 0 radical (unpaired) electrons. The minimum absolute atomic E-state index is 0.202. The van der Waals surface area contributed by atoms with Crippen LogP contribution in [-0.2, 0) is 0 Å². The summed E-state index contributed by atoms with van der Waals surface area (Å²) in [5.41, 5.74) is 0.979. The Morgan fingerprint density at radius 3 is 2.93 bits per heavy atom. The van der Waals surface area contributed by atoms with Crippen molar-refractivity contribution in [3.63, 3.8) is 0 Å². The van der Waals surface area contributed by atoms with Gasteiger partial charge in [-0.25, -0.2) is 0 Å². The molecule has 0 saturated heterocycles. The number of rotatable bonds is 3. The summed E-state index contributed by atoms with van der Waals surface area (Å²) in [6.45, 7) is 4.56. The molecule has 0 aliphatic heterocycles. The van der Waals surface area contributed by atoms with E-state index < -0.39 is 0 Å². The Balaban J connectivity index is 2.54. The Kier molecular flexibility index (Phi) is 4.45. The largest absolute Gasteiger partial charge is 0.298 e. The minimum atomic E-state index is 0.202. The highest BCUT2D eigenvalue weighted by atomic mass is 35.5. The summed E-state index contributed by atoms with van der Waals surface area (Å²) in [6, 6.07) is 3.96. The molecule has 74 valence electrons.